The van der Waals surface area contributed by atoms with E-state index in [-0.39, 0.29) is 12.1 Å². The van der Waals surface area contributed by atoms with Crippen LogP contribution in [0.4, 0.5) is 11.4 Å². The van der Waals surface area contributed by atoms with Gasteiger partial charge in [0.25, 0.3) is 0 Å². The lowest BCUT2D eigenvalue weighted by molar-refractivity contribution is 0.438. The Bertz CT molecular complexity index is 1530. The van der Waals surface area contributed by atoms with Gasteiger partial charge in [0.15, 0.2) is 5.11 Å². The number of aromatic nitrogens is 2. The number of nitrogens with zero attached hydrogens (tertiary/aromatic N) is 4. The molecule has 40 heavy (non-hydrogen) atoms. The van der Waals surface area contributed by atoms with Gasteiger partial charge in [-0.05, 0) is 111 Å². The van der Waals surface area contributed by atoms with Gasteiger partial charge < -0.3 is 19.7 Å². The lowest BCUT2D eigenvalue weighted by Gasteiger charge is -2.33. The summed E-state index contributed by atoms with van der Waals surface area (Å²) in [7, 11) is 0. The number of nitrogens with one attached hydrogen (secondary N) is 1. The molecule has 2 aromatic heterocycles. The van der Waals surface area contributed by atoms with Gasteiger partial charge in [0.2, 0.25) is 0 Å². The quantitative estimate of drug-likeness (QED) is 0.224. The number of piperidine rings is 1. The topological polar surface area (TPSA) is 36.3 Å². The molecule has 0 saturated carbocycles. The third-order valence-corrected chi connectivity index (χ3v) is 9.45. The molecule has 2 saturated heterocycles. The van der Waals surface area contributed by atoms with E-state index >= 15 is 0 Å². The Balaban J connectivity index is 1.43. The summed E-state index contributed by atoms with van der Waals surface area (Å²) in [5.41, 5.74) is 7.70. The molecule has 0 unspecified atom stereocenters. The first-order valence-corrected chi connectivity index (χ1v) is 15.4. The molecule has 2 aliphatic rings. The largest absolute Gasteiger partial charge is 0.370 e. The number of halogens is 2. The molecule has 206 valence electrons. The maximum Gasteiger partial charge on any atom is 0.174 e. The molecule has 4 heterocycles. The van der Waals surface area contributed by atoms with Crippen molar-refractivity contribution in [1.29, 1.82) is 0 Å². The highest BCUT2D eigenvalue weighted by Gasteiger charge is 2.42. The fourth-order valence-electron chi connectivity index (χ4n) is 6.18. The Kier molecular flexibility index (Phi) is 7.64. The van der Waals surface area contributed by atoms with Crippen LogP contribution in [0.25, 0.3) is 5.69 Å². The standard InChI is InChI=1S/C32H33BrClN5S/c1-20-13-16-37(17-14-20)29-12-11-25(19-27(29)34)39-31(30(36-32(39)40)28-6-4-5-15-35-28)26-18-21(2)38(22(26)3)24-9-7-23(33)8-10-24/h4-12,15,18-20,30-31H,13-14,16-17H2,1-3H3,(H,36,40)/t30-,31-/m0/s1. The third kappa shape index (κ3) is 5.04. The molecule has 2 aliphatic heterocycles. The van der Waals surface area contributed by atoms with Gasteiger partial charge in [-0.3, -0.25) is 4.98 Å². The Morgan fingerprint density at radius 2 is 1.70 bits per heavy atom. The highest BCUT2D eigenvalue weighted by Crippen LogP contribution is 2.45. The van der Waals surface area contributed by atoms with Gasteiger partial charge in [-0.1, -0.05) is 40.5 Å². The van der Waals surface area contributed by atoms with E-state index in [0.29, 0.717) is 5.11 Å². The molecule has 5 nitrogen and oxygen atoms in total. The number of pyridine rings is 1. The van der Waals surface area contributed by atoms with E-state index < -0.39 is 0 Å². The average molecular weight is 635 g/mol. The van der Waals surface area contributed by atoms with E-state index in [9.17, 15) is 0 Å². The summed E-state index contributed by atoms with van der Waals surface area (Å²) in [4.78, 5) is 9.36. The van der Waals surface area contributed by atoms with E-state index in [1.807, 2.05) is 18.3 Å². The molecular formula is C32H33BrClN5S. The number of benzene rings is 2. The molecular weight excluding hydrogens is 602 g/mol. The molecule has 2 aromatic carbocycles. The molecule has 8 heteroatoms. The lowest BCUT2D eigenvalue weighted by Crippen LogP contribution is -2.33. The van der Waals surface area contributed by atoms with Gasteiger partial charge in [0.1, 0.15) is 0 Å². The van der Waals surface area contributed by atoms with E-state index in [1.165, 1.54) is 29.8 Å². The van der Waals surface area contributed by atoms with E-state index in [0.717, 1.165) is 51.3 Å². The summed E-state index contributed by atoms with van der Waals surface area (Å²) in [6, 6.07) is 22.9. The van der Waals surface area contributed by atoms with Crippen LogP contribution in [0.1, 0.15) is 54.5 Å². The predicted molar refractivity (Wildman–Crippen MR) is 173 cm³/mol. The third-order valence-electron chi connectivity index (χ3n) is 8.31. The zero-order valence-corrected chi connectivity index (χ0v) is 26.1. The van der Waals surface area contributed by atoms with Crippen LogP contribution in [0.3, 0.4) is 0 Å². The Hall–Kier alpha value is -2.87. The minimum atomic E-state index is -0.116. The average Bonchev–Trinajstić information content (AvgIpc) is 3.45. The number of aryl methyl sites for hydroxylation is 1. The van der Waals surface area contributed by atoms with Crippen LogP contribution in [0.2, 0.25) is 5.02 Å². The Morgan fingerprint density at radius 3 is 2.38 bits per heavy atom. The molecule has 2 fully saturated rings. The fourth-order valence-corrected chi connectivity index (χ4v) is 7.08. The van der Waals surface area contributed by atoms with Crippen LogP contribution in [0.5, 0.6) is 0 Å². The minimum absolute atomic E-state index is 0.101. The summed E-state index contributed by atoms with van der Waals surface area (Å²) in [6.45, 7) is 8.75. The molecule has 2 atom stereocenters. The second-order valence-corrected chi connectivity index (χ2v) is 12.6. The van der Waals surface area contributed by atoms with Crippen molar-refractivity contribution in [2.45, 2.75) is 45.7 Å². The first-order chi connectivity index (χ1) is 19.3. The number of thiocarbonyl (C=S) groups is 1. The van der Waals surface area contributed by atoms with E-state index in [1.54, 1.807) is 0 Å². The smallest absolute Gasteiger partial charge is 0.174 e. The number of anilines is 2. The monoisotopic (exact) mass is 633 g/mol. The van der Waals surface area contributed by atoms with Gasteiger partial charge in [-0.2, -0.15) is 0 Å². The van der Waals surface area contributed by atoms with Crippen molar-refractivity contribution < 1.29 is 0 Å². The van der Waals surface area contributed by atoms with Crippen molar-refractivity contribution in [3.63, 3.8) is 0 Å². The predicted octanol–water partition coefficient (Wildman–Crippen LogP) is 8.32. The van der Waals surface area contributed by atoms with Crippen LogP contribution in [0, 0.1) is 19.8 Å². The first kappa shape index (κ1) is 27.3. The lowest BCUT2D eigenvalue weighted by atomic mass is 9.96. The molecule has 0 aliphatic carbocycles. The van der Waals surface area contributed by atoms with Gasteiger partial charge in [0, 0.05) is 46.5 Å². The fraction of sp³-hybridized carbons (Fsp3) is 0.312. The summed E-state index contributed by atoms with van der Waals surface area (Å²) in [5.74, 6) is 0.767. The Morgan fingerprint density at radius 1 is 0.975 bits per heavy atom. The first-order valence-electron chi connectivity index (χ1n) is 13.8. The van der Waals surface area contributed by atoms with Crippen LogP contribution in [-0.4, -0.2) is 27.8 Å². The molecule has 6 rings (SSSR count). The van der Waals surface area contributed by atoms with E-state index in [2.05, 4.69) is 111 Å². The summed E-state index contributed by atoms with van der Waals surface area (Å²) >= 11 is 16.5. The van der Waals surface area contributed by atoms with Crippen LogP contribution in [-0.2, 0) is 0 Å². The molecule has 0 amide bonds. The van der Waals surface area contributed by atoms with Crippen molar-refractivity contribution in [2.24, 2.45) is 5.92 Å². The number of hydrogen-bond acceptors (Lipinski definition) is 3. The van der Waals surface area contributed by atoms with Crippen molar-refractivity contribution in [3.05, 3.63) is 105 Å². The maximum atomic E-state index is 6.97. The number of hydrogen-bond donors (Lipinski definition) is 1. The zero-order valence-electron chi connectivity index (χ0n) is 22.9. The highest BCUT2D eigenvalue weighted by molar-refractivity contribution is 9.10. The summed E-state index contributed by atoms with van der Waals surface area (Å²) in [5, 5.41) is 5.03. The van der Waals surface area contributed by atoms with Crippen LogP contribution < -0.4 is 15.1 Å². The van der Waals surface area contributed by atoms with Crippen LogP contribution >= 0.6 is 39.7 Å². The minimum Gasteiger partial charge on any atom is -0.370 e. The van der Waals surface area contributed by atoms with Crippen molar-refractivity contribution in [1.82, 2.24) is 14.9 Å². The SMILES string of the molecule is Cc1cc([C@H]2[C@H](c3ccccn3)NC(=S)N2c2ccc(N3CCC(C)CC3)c(Cl)c2)c(C)n1-c1ccc(Br)cc1. The van der Waals surface area contributed by atoms with Gasteiger partial charge in [-0.15, -0.1) is 0 Å². The number of rotatable bonds is 5. The van der Waals surface area contributed by atoms with E-state index in [4.69, 9.17) is 28.8 Å². The summed E-state index contributed by atoms with van der Waals surface area (Å²) < 4.78 is 3.37. The highest BCUT2D eigenvalue weighted by atomic mass is 79.9. The van der Waals surface area contributed by atoms with Gasteiger partial charge >= 0.3 is 0 Å². The molecule has 0 radical (unpaired) electrons. The summed E-state index contributed by atoms with van der Waals surface area (Å²) in [6.07, 6.45) is 4.23. The molecule has 0 bridgehead atoms. The zero-order chi connectivity index (χ0) is 28.0. The second-order valence-electron chi connectivity index (χ2n) is 10.9. The van der Waals surface area contributed by atoms with Gasteiger partial charge in [-0.25, -0.2) is 0 Å². The van der Waals surface area contributed by atoms with Crippen molar-refractivity contribution in [2.75, 3.05) is 22.9 Å². The van der Waals surface area contributed by atoms with Gasteiger partial charge in [0.05, 0.1) is 28.5 Å². The molecule has 0 spiro atoms. The van der Waals surface area contributed by atoms with Crippen molar-refractivity contribution in [3.8, 4) is 5.69 Å². The Labute approximate surface area is 255 Å². The normalized spacial score (nSPS) is 19.8. The van der Waals surface area contributed by atoms with Crippen molar-refractivity contribution >= 4 is 56.2 Å². The molecule has 4 aromatic rings. The maximum absolute atomic E-state index is 6.97. The second kappa shape index (κ2) is 11.2. The molecule has 1 N–H and O–H groups in total. The van der Waals surface area contributed by atoms with Crippen LogP contribution in [0.15, 0.2) is 77.4 Å².